The van der Waals surface area contributed by atoms with E-state index in [2.05, 4.69) is 53.3 Å². The van der Waals surface area contributed by atoms with Crippen LogP contribution in [0.1, 0.15) is 29.7 Å². The van der Waals surface area contributed by atoms with Gasteiger partial charge in [-0.2, -0.15) is 0 Å². The van der Waals surface area contributed by atoms with Crippen LogP contribution in [0.15, 0.2) is 40.9 Å². The van der Waals surface area contributed by atoms with Crippen molar-refractivity contribution in [3.63, 3.8) is 0 Å². The van der Waals surface area contributed by atoms with Crippen molar-refractivity contribution in [3.05, 3.63) is 68.4 Å². The minimum Gasteiger partial charge on any atom is -0.310 e. The second kappa shape index (κ2) is 7.39. The van der Waals surface area contributed by atoms with Crippen LogP contribution in [0, 0.1) is 12.7 Å². The van der Waals surface area contributed by atoms with Crippen LogP contribution in [0.3, 0.4) is 0 Å². The third kappa shape index (κ3) is 4.29. The Morgan fingerprint density at radius 2 is 2.05 bits per heavy atom. The van der Waals surface area contributed by atoms with Crippen LogP contribution < -0.4 is 5.32 Å². The Bertz CT molecular complexity index is 610. The molecule has 0 aromatic heterocycles. The first-order valence-corrected chi connectivity index (χ1v) is 8.11. The van der Waals surface area contributed by atoms with E-state index in [1.165, 1.54) is 17.2 Å². The summed E-state index contributed by atoms with van der Waals surface area (Å²) in [5.41, 5.74) is 3.18. The molecule has 4 heteroatoms. The number of nitrogens with one attached hydrogen (secondary N) is 1. The predicted molar refractivity (Wildman–Crippen MR) is 90.4 cm³/mol. The molecule has 1 N–H and O–H groups in total. The molecule has 112 valence electrons. The first-order chi connectivity index (χ1) is 10.0. The van der Waals surface area contributed by atoms with Crippen LogP contribution in [0.2, 0.25) is 5.02 Å². The second-order valence-electron chi connectivity index (χ2n) is 5.09. The van der Waals surface area contributed by atoms with Crippen molar-refractivity contribution in [1.82, 2.24) is 5.32 Å². The van der Waals surface area contributed by atoms with Crippen LogP contribution in [-0.4, -0.2) is 6.54 Å². The van der Waals surface area contributed by atoms with Gasteiger partial charge in [0.15, 0.2) is 0 Å². The Kier molecular flexibility index (Phi) is 5.80. The molecule has 2 aromatic carbocycles. The molecule has 0 amide bonds. The third-order valence-corrected chi connectivity index (χ3v) is 4.25. The van der Waals surface area contributed by atoms with Gasteiger partial charge in [-0.25, -0.2) is 4.39 Å². The molecular formula is C17H18BrClFN. The Morgan fingerprint density at radius 1 is 1.29 bits per heavy atom. The van der Waals surface area contributed by atoms with Crippen LogP contribution in [-0.2, 0) is 6.42 Å². The minimum absolute atomic E-state index is 0.102. The molecule has 0 bridgehead atoms. The lowest BCUT2D eigenvalue weighted by Crippen LogP contribution is -2.23. The van der Waals surface area contributed by atoms with E-state index < -0.39 is 0 Å². The lowest BCUT2D eigenvalue weighted by molar-refractivity contribution is 0.546. The fourth-order valence-electron chi connectivity index (χ4n) is 2.45. The maximum atomic E-state index is 13.6. The number of hydrogen-bond acceptors (Lipinski definition) is 1. The number of aryl methyl sites for hydroxylation is 1. The molecule has 0 fully saturated rings. The molecule has 1 unspecified atom stereocenters. The highest BCUT2D eigenvalue weighted by Crippen LogP contribution is 2.27. The first kappa shape index (κ1) is 16.5. The summed E-state index contributed by atoms with van der Waals surface area (Å²) < 4.78 is 14.6. The van der Waals surface area contributed by atoms with Crippen molar-refractivity contribution in [3.8, 4) is 0 Å². The third-order valence-electron chi connectivity index (χ3n) is 3.37. The van der Waals surface area contributed by atoms with E-state index in [0.29, 0.717) is 6.42 Å². The van der Waals surface area contributed by atoms with Gasteiger partial charge in [0.1, 0.15) is 5.82 Å². The number of hydrogen-bond donors (Lipinski definition) is 1. The molecule has 0 aliphatic heterocycles. The van der Waals surface area contributed by atoms with E-state index in [1.807, 2.05) is 6.07 Å². The molecule has 0 aliphatic carbocycles. The van der Waals surface area contributed by atoms with Crippen LogP contribution in [0.5, 0.6) is 0 Å². The molecule has 2 aromatic rings. The van der Waals surface area contributed by atoms with Gasteiger partial charge in [-0.1, -0.05) is 52.7 Å². The Labute approximate surface area is 138 Å². The summed E-state index contributed by atoms with van der Waals surface area (Å²) in [6.45, 7) is 4.96. The van der Waals surface area contributed by atoms with Gasteiger partial charge in [-0.05, 0) is 54.8 Å². The smallest absolute Gasteiger partial charge is 0.142 e. The maximum Gasteiger partial charge on any atom is 0.142 e. The molecule has 0 saturated heterocycles. The van der Waals surface area contributed by atoms with E-state index in [1.54, 1.807) is 6.07 Å². The first-order valence-electron chi connectivity index (χ1n) is 6.94. The van der Waals surface area contributed by atoms with E-state index in [0.717, 1.165) is 16.6 Å². The summed E-state index contributed by atoms with van der Waals surface area (Å²) >= 11 is 9.61. The normalized spacial score (nSPS) is 12.4. The minimum atomic E-state index is -0.366. The molecule has 0 saturated carbocycles. The zero-order valence-corrected chi connectivity index (χ0v) is 14.4. The summed E-state index contributed by atoms with van der Waals surface area (Å²) in [4.78, 5) is 0. The van der Waals surface area contributed by atoms with Gasteiger partial charge in [0, 0.05) is 10.5 Å². The fraction of sp³-hybridized carbons (Fsp3) is 0.294. The van der Waals surface area contributed by atoms with Crippen molar-refractivity contribution in [2.75, 3.05) is 6.54 Å². The largest absolute Gasteiger partial charge is 0.310 e. The Morgan fingerprint density at radius 3 is 2.71 bits per heavy atom. The topological polar surface area (TPSA) is 12.0 Å². The summed E-state index contributed by atoms with van der Waals surface area (Å²) in [6, 6.07) is 11.4. The average Bonchev–Trinajstić information content (AvgIpc) is 2.42. The Hall–Kier alpha value is -0.900. The van der Waals surface area contributed by atoms with Crippen molar-refractivity contribution < 1.29 is 4.39 Å². The lowest BCUT2D eigenvalue weighted by atomic mass is 9.97. The average molecular weight is 371 g/mol. The summed E-state index contributed by atoms with van der Waals surface area (Å²) in [5.74, 6) is -0.366. The summed E-state index contributed by atoms with van der Waals surface area (Å²) in [5, 5.41) is 3.66. The van der Waals surface area contributed by atoms with E-state index in [-0.39, 0.29) is 16.9 Å². The number of halogens is 3. The number of rotatable bonds is 5. The maximum absolute atomic E-state index is 13.6. The highest BCUT2D eigenvalue weighted by atomic mass is 79.9. The molecule has 21 heavy (non-hydrogen) atoms. The van der Waals surface area contributed by atoms with Crippen molar-refractivity contribution in [2.45, 2.75) is 26.3 Å². The fourth-order valence-corrected chi connectivity index (χ4v) is 3.27. The molecular weight excluding hydrogens is 353 g/mol. The van der Waals surface area contributed by atoms with E-state index in [9.17, 15) is 4.39 Å². The van der Waals surface area contributed by atoms with Gasteiger partial charge in [-0.3, -0.25) is 0 Å². The highest BCUT2D eigenvalue weighted by Gasteiger charge is 2.15. The standard InChI is InChI=1S/C17H18BrClFN/c1-3-21-16(13-7-11(2)8-14(18)9-13)10-12-5-4-6-15(20)17(12)19/h4-9,16,21H,3,10H2,1-2H3. The van der Waals surface area contributed by atoms with Gasteiger partial charge < -0.3 is 5.32 Å². The van der Waals surface area contributed by atoms with Gasteiger partial charge >= 0.3 is 0 Å². The van der Waals surface area contributed by atoms with Crippen molar-refractivity contribution >= 4 is 27.5 Å². The lowest BCUT2D eigenvalue weighted by Gasteiger charge is -2.20. The molecule has 1 atom stereocenters. The predicted octanol–water partition coefficient (Wildman–Crippen LogP) is 5.44. The molecule has 0 heterocycles. The monoisotopic (exact) mass is 369 g/mol. The van der Waals surface area contributed by atoms with E-state index >= 15 is 0 Å². The highest BCUT2D eigenvalue weighted by molar-refractivity contribution is 9.10. The Balaban J connectivity index is 2.32. The number of likely N-dealkylation sites (N-methyl/N-ethyl adjacent to an activating group) is 1. The summed E-state index contributed by atoms with van der Waals surface area (Å²) in [7, 11) is 0. The van der Waals surface area contributed by atoms with Crippen molar-refractivity contribution in [2.24, 2.45) is 0 Å². The molecule has 0 aliphatic rings. The molecule has 0 radical (unpaired) electrons. The number of benzene rings is 2. The molecule has 2 rings (SSSR count). The van der Waals surface area contributed by atoms with Gasteiger partial charge in [0.2, 0.25) is 0 Å². The van der Waals surface area contributed by atoms with Crippen molar-refractivity contribution in [1.29, 1.82) is 0 Å². The van der Waals surface area contributed by atoms with Crippen LogP contribution in [0.25, 0.3) is 0 Å². The van der Waals surface area contributed by atoms with Gasteiger partial charge in [0.05, 0.1) is 5.02 Å². The van der Waals surface area contributed by atoms with E-state index in [4.69, 9.17) is 11.6 Å². The van der Waals surface area contributed by atoms with Gasteiger partial charge in [-0.15, -0.1) is 0 Å². The quantitative estimate of drug-likeness (QED) is 0.738. The zero-order chi connectivity index (χ0) is 15.4. The molecule has 1 nitrogen and oxygen atoms in total. The SMILES string of the molecule is CCNC(Cc1cccc(F)c1Cl)c1cc(C)cc(Br)c1. The summed E-state index contributed by atoms with van der Waals surface area (Å²) in [6.07, 6.45) is 0.653. The van der Waals surface area contributed by atoms with Gasteiger partial charge in [0.25, 0.3) is 0 Å². The second-order valence-corrected chi connectivity index (χ2v) is 6.38. The zero-order valence-electron chi connectivity index (χ0n) is 12.1. The van der Waals surface area contributed by atoms with Crippen LogP contribution >= 0.6 is 27.5 Å². The van der Waals surface area contributed by atoms with Crippen LogP contribution in [0.4, 0.5) is 4.39 Å². The molecule has 0 spiro atoms.